The molecule has 34 heavy (non-hydrogen) atoms. The second-order valence-electron chi connectivity index (χ2n) is 7.20. The molecule has 0 saturated carbocycles. The maximum atomic E-state index is 13.1. The highest BCUT2D eigenvalue weighted by Gasteiger charge is 2.21. The highest BCUT2D eigenvalue weighted by Crippen LogP contribution is 2.33. The number of carbonyl (C=O) groups excluding carboxylic acids is 2. The number of aryl methyl sites for hydroxylation is 1. The first-order valence-electron chi connectivity index (χ1n) is 10.2. The molecule has 0 saturated heterocycles. The second-order valence-corrected chi connectivity index (χ2v) is 9.61. The molecule has 176 valence electrons. The van der Waals surface area contributed by atoms with E-state index in [1.165, 1.54) is 30.2 Å². The Morgan fingerprint density at radius 1 is 1.18 bits per heavy atom. The summed E-state index contributed by atoms with van der Waals surface area (Å²) in [5, 5.41) is 12.9. The molecule has 2 aromatic carbocycles. The van der Waals surface area contributed by atoms with Gasteiger partial charge in [-0.2, -0.15) is 0 Å². The molecule has 3 N–H and O–H groups in total. The molecule has 4 rings (SSSR count). The molecule has 11 heteroatoms. The van der Waals surface area contributed by atoms with Crippen molar-refractivity contribution in [3.8, 4) is 11.5 Å². The molecule has 0 aliphatic heterocycles. The van der Waals surface area contributed by atoms with Crippen molar-refractivity contribution >= 4 is 45.9 Å². The molecule has 0 aliphatic carbocycles. The van der Waals surface area contributed by atoms with Crippen LogP contribution in [0.3, 0.4) is 0 Å². The summed E-state index contributed by atoms with van der Waals surface area (Å²) in [5.74, 6) is 0.700. The lowest BCUT2D eigenvalue weighted by molar-refractivity contribution is -0.119. The van der Waals surface area contributed by atoms with Gasteiger partial charge in [0.2, 0.25) is 0 Å². The van der Waals surface area contributed by atoms with Gasteiger partial charge in [0.05, 0.1) is 7.11 Å². The molecular weight excluding hydrogens is 476 g/mol. The highest BCUT2D eigenvalue weighted by atomic mass is 32.2. The van der Waals surface area contributed by atoms with E-state index in [0.29, 0.717) is 22.8 Å². The number of hydrogen-bond donors (Lipinski definition) is 2. The lowest BCUT2D eigenvalue weighted by atomic mass is 10.1. The summed E-state index contributed by atoms with van der Waals surface area (Å²) in [6, 6.07) is 12.7. The Morgan fingerprint density at radius 3 is 2.74 bits per heavy atom. The summed E-state index contributed by atoms with van der Waals surface area (Å²) in [5.41, 5.74) is 7.36. The van der Waals surface area contributed by atoms with Crippen LogP contribution in [-0.4, -0.2) is 35.7 Å². The van der Waals surface area contributed by atoms with E-state index in [9.17, 15) is 9.59 Å². The number of carbonyl (C=O) groups is 2. The number of nitrogens with two attached hydrogens (primary N) is 1. The third-order valence-electron chi connectivity index (χ3n) is 4.80. The number of amides is 2. The van der Waals surface area contributed by atoms with E-state index in [4.69, 9.17) is 19.6 Å². The van der Waals surface area contributed by atoms with E-state index >= 15 is 0 Å². The van der Waals surface area contributed by atoms with Crippen LogP contribution in [-0.2, 0) is 17.1 Å². The highest BCUT2D eigenvalue weighted by molar-refractivity contribution is 8.00. The van der Waals surface area contributed by atoms with Crippen molar-refractivity contribution in [2.75, 3.05) is 13.7 Å². The van der Waals surface area contributed by atoms with Crippen molar-refractivity contribution in [1.82, 2.24) is 15.5 Å². The number of furan rings is 1. The van der Waals surface area contributed by atoms with Gasteiger partial charge in [-0.25, -0.2) is 0 Å². The third-order valence-corrected chi connectivity index (χ3v) is 6.80. The van der Waals surface area contributed by atoms with Crippen LogP contribution in [0.1, 0.15) is 26.7 Å². The van der Waals surface area contributed by atoms with E-state index in [2.05, 4.69) is 15.5 Å². The van der Waals surface area contributed by atoms with Gasteiger partial charge in [0.15, 0.2) is 28.2 Å². The predicted octanol–water partition coefficient (Wildman–Crippen LogP) is 3.69. The van der Waals surface area contributed by atoms with Crippen LogP contribution in [0.2, 0.25) is 0 Å². The van der Waals surface area contributed by atoms with Gasteiger partial charge < -0.3 is 24.9 Å². The zero-order valence-electron chi connectivity index (χ0n) is 18.5. The van der Waals surface area contributed by atoms with Crippen molar-refractivity contribution in [3.05, 3.63) is 64.4 Å². The van der Waals surface area contributed by atoms with Crippen LogP contribution >= 0.6 is 23.1 Å². The zero-order chi connectivity index (χ0) is 24.1. The van der Waals surface area contributed by atoms with Crippen LogP contribution in [0.4, 0.5) is 0 Å². The average Bonchev–Trinajstić information content (AvgIpc) is 3.43. The molecule has 4 aromatic rings. The van der Waals surface area contributed by atoms with Gasteiger partial charge in [-0.05, 0) is 30.7 Å². The maximum absolute atomic E-state index is 13.1. The van der Waals surface area contributed by atoms with Gasteiger partial charge >= 0.3 is 0 Å². The topological polar surface area (TPSA) is 130 Å². The van der Waals surface area contributed by atoms with Crippen LogP contribution in [0.15, 0.2) is 51.2 Å². The van der Waals surface area contributed by atoms with Crippen molar-refractivity contribution in [2.45, 2.75) is 23.6 Å². The molecule has 0 spiro atoms. The standard InChI is InChI=1S/C23H22N4O5S2/c1-13-26-27-23(34-13)33-12-16-15-5-3-4-6-17(15)32-21(16)22(29)25-10-14-7-8-18(19(9-14)30-2)31-11-20(24)28/h3-9H,10-12H2,1-2H3,(H2,24,28)(H,25,29). The van der Waals surface area contributed by atoms with Gasteiger partial charge in [0.1, 0.15) is 10.6 Å². The molecule has 0 radical (unpaired) electrons. The summed E-state index contributed by atoms with van der Waals surface area (Å²) in [6.45, 7) is 1.89. The molecule has 0 atom stereocenters. The van der Waals surface area contributed by atoms with Crippen molar-refractivity contribution in [3.63, 3.8) is 0 Å². The maximum Gasteiger partial charge on any atom is 0.287 e. The molecule has 0 bridgehead atoms. The molecule has 0 aliphatic rings. The van der Waals surface area contributed by atoms with Crippen LogP contribution in [0, 0.1) is 6.92 Å². The van der Waals surface area contributed by atoms with Crippen LogP contribution in [0.25, 0.3) is 11.0 Å². The van der Waals surface area contributed by atoms with E-state index in [0.717, 1.165) is 25.9 Å². The number of nitrogens with one attached hydrogen (secondary N) is 1. The normalized spacial score (nSPS) is 10.9. The number of hydrogen-bond acceptors (Lipinski definition) is 9. The Morgan fingerprint density at radius 2 is 2.00 bits per heavy atom. The van der Waals surface area contributed by atoms with Gasteiger partial charge in [-0.3, -0.25) is 9.59 Å². The minimum absolute atomic E-state index is 0.241. The average molecular weight is 499 g/mol. The number of aromatic nitrogens is 2. The van der Waals surface area contributed by atoms with E-state index < -0.39 is 5.91 Å². The monoisotopic (exact) mass is 498 g/mol. The van der Waals surface area contributed by atoms with E-state index in [-0.39, 0.29) is 24.8 Å². The molecule has 2 amide bonds. The van der Waals surface area contributed by atoms with Crippen LogP contribution in [0.5, 0.6) is 11.5 Å². The van der Waals surface area contributed by atoms with Gasteiger partial charge in [-0.1, -0.05) is 47.4 Å². The second kappa shape index (κ2) is 10.6. The molecule has 2 heterocycles. The molecular formula is C23H22N4O5S2. The first-order chi connectivity index (χ1) is 16.4. The minimum atomic E-state index is -0.584. The SMILES string of the molecule is COc1cc(CNC(=O)c2oc3ccccc3c2CSc2nnc(C)s2)ccc1OCC(N)=O. The zero-order valence-corrected chi connectivity index (χ0v) is 20.1. The fourth-order valence-corrected chi connectivity index (χ4v) is 5.09. The fraction of sp³-hybridized carbons (Fsp3) is 0.217. The van der Waals surface area contributed by atoms with Crippen molar-refractivity contribution < 1.29 is 23.5 Å². The largest absolute Gasteiger partial charge is 0.493 e. The number of thioether (sulfide) groups is 1. The number of rotatable bonds is 10. The number of benzene rings is 2. The summed E-state index contributed by atoms with van der Waals surface area (Å²) in [6.07, 6.45) is 0. The summed E-state index contributed by atoms with van der Waals surface area (Å²) in [7, 11) is 1.49. The number of fused-ring (bicyclic) bond motifs is 1. The Hall–Kier alpha value is -3.57. The number of ether oxygens (including phenoxy) is 2. The number of methoxy groups -OCH3 is 1. The van der Waals surface area contributed by atoms with E-state index in [1.807, 2.05) is 31.2 Å². The summed E-state index contributed by atoms with van der Waals surface area (Å²) in [4.78, 5) is 24.0. The Balaban J connectivity index is 1.50. The molecule has 9 nitrogen and oxygen atoms in total. The quantitative estimate of drug-likeness (QED) is 0.317. The van der Waals surface area contributed by atoms with Gasteiger partial charge in [-0.15, -0.1) is 10.2 Å². The molecule has 0 unspecified atom stereocenters. The van der Waals surface area contributed by atoms with E-state index in [1.54, 1.807) is 18.2 Å². The lowest BCUT2D eigenvalue weighted by Crippen LogP contribution is -2.23. The minimum Gasteiger partial charge on any atom is -0.493 e. The Kier molecular flexibility index (Phi) is 7.33. The Labute approximate surface area is 203 Å². The third kappa shape index (κ3) is 5.49. The van der Waals surface area contributed by atoms with Crippen molar-refractivity contribution in [1.29, 1.82) is 0 Å². The smallest absolute Gasteiger partial charge is 0.287 e. The number of nitrogens with zero attached hydrogens (tertiary/aromatic N) is 2. The summed E-state index contributed by atoms with van der Waals surface area (Å²) < 4.78 is 17.4. The van der Waals surface area contributed by atoms with Gasteiger partial charge in [0, 0.05) is 23.2 Å². The summed E-state index contributed by atoms with van der Waals surface area (Å²) >= 11 is 3.02. The predicted molar refractivity (Wildman–Crippen MR) is 129 cm³/mol. The Bertz CT molecular complexity index is 1330. The first-order valence-corrected chi connectivity index (χ1v) is 12.0. The number of para-hydroxylation sites is 1. The van der Waals surface area contributed by atoms with Gasteiger partial charge in [0.25, 0.3) is 11.8 Å². The molecule has 2 aromatic heterocycles. The van der Waals surface area contributed by atoms with Crippen LogP contribution < -0.4 is 20.5 Å². The lowest BCUT2D eigenvalue weighted by Gasteiger charge is -2.11. The van der Waals surface area contributed by atoms with Crippen molar-refractivity contribution in [2.24, 2.45) is 5.73 Å². The number of primary amides is 1. The molecule has 0 fully saturated rings. The fourth-order valence-electron chi connectivity index (χ4n) is 3.25. The first kappa shape index (κ1) is 23.6.